The Morgan fingerprint density at radius 3 is 0.785 bits per heavy atom. The van der Waals surface area contributed by atoms with Crippen molar-refractivity contribution >= 4 is 39.5 Å². The van der Waals surface area contributed by atoms with Gasteiger partial charge in [-0.3, -0.25) is 37.3 Å². The normalized spacial score (nSPS) is 14.6. The number of hydrogen-bond donors (Lipinski definition) is 3. The van der Waals surface area contributed by atoms with Crippen molar-refractivity contribution in [3.8, 4) is 0 Å². The number of carbonyl (C=O) groups excluding carboxylic acids is 4. The van der Waals surface area contributed by atoms with E-state index in [4.69, 9.17) is 37.0 Å². The molecule has 0 bridgehead atoms. The van der Waals surface area contributed by atoms with Gasteiger partial charge in [-0.1, -0.05) is 229 Å². The minimum absolute atomic E-state index is 0.101. The third-order valence-corrected chi connectivity index (χ3v) is 15.5. The largest absolute Gasteiger partial charge is 0.472 e. The van der Waals surface area contributed by atoms with Gasteiger partial charge in [0.1, 0.15) is 19.3 Å². The van der Waals surface area contributed by atoms with E-state index < -0.39 is 97.5 Å². The lowest BCUT2D eigenvalue weighted by Gasteiger charge is -2.21. The average Bonchev–Trinajstić information content (AvgIpc) is 3.37. The van der Waals surface area contributed by atoms with Crippen LogP contribution in [0.5, 0.6) is 0 Å². The van der Waals surface area contributed by atoms with Crippen molar-refractivity contribution in [3.63, 3.8) is 0 Å². The fraction of sp³-hybridized carbons (Fsp3) is 0.933. The summed E-state index contributed by atoms with van der Waals surface area (Å²) in [5, 5.41) is 10.5. The van der Waals surface area contributed by atoms with Gasteiger partial charge < -0.3 is 33.8 Å². The predicted octanol–water partition coefficient (Wildman–Crippen LogP) is 15.8. The maximum absolute atomic E-state index is 12.9. The van der Waals surface area contributed by atoms with Gasteiger partial charge in [-0.15, -0.1) is 0 Å². The molecule has 3 N–H and O–H groups in total. The lowest BCUT2D eigenvalue weighted by atomic mass is 10.0. The highest BCUT2D eigenvalue weighted by molar-refractivity contribution is 7.47. The SMILES string of the molecule is CC(C)CCCCCCCCCCC(=O)O[C@H](COC(=O)CCCCCCCCC(C)C)COP(=O)(O)OC[C@H](O)COP(=O)(O)OC[C@@H](COC(=O)CCCCCCCCC(C)C)OC(=O)CCCCCCCCCC(C)C. The van der Waals surface area contributed by atoms with Crippen LogP contribution < -0.4 is 0 Å². The molecule has 2 unspecified atom stereocenters. The average molecular weight is 1170 g/mol. The van der Waals surface area contributed by atoms with Crippen molar-refractivity contribution in [1.29, 1.82) is 0 Å². The topological polar surface area (TPSA) is 237 Å². The smallest absolute Gasteiger partial charge is 0.462 e. The van der Waals surface area contributed by atoms with E-state index in [-0.39, 0.29) is 25.7 Å². The van der Waals surface area contributed by atoms with E-state index in [0.717, 1.165) is 109 Å². The molecule has 0 aromatic heterocycles. The van der Waals surface area contributed by atoms with E-state index >= 15 is 0 Å². The van der Waals surface area contributed by atoms with Gasteiger partial charge in [0.2, 0.25) is 0 Å². The minimum Gasteiger partial charge on any atom is -0.462 e. The first-order valence-corrected chi connectivity index (χ1v) is 34.2. The number of hydrogen-bond acceptors (Lipinski definition) is 15. The van der Waals surface area contributed by atoms with Crippen LogP contribution in [0.15, 0.2) is 0 Å². The number of esters is 4. The van der Waals surface area contributed by atoms with Crippen molar-refractivity contribution in [3.05, 3.63) is 0 Å². The molecule has 0 aliphatic heterocycles. The molecule has 0 aliphatic carbocycles. The van der Waals surface area contributed by atoms with Crippen molar-refractivity contribution in [2.75, 3.05) is 39.6 Å². The number of phosphoric acid groups is 2. The van der Waals surface area contributed by atoms with Crippen LogP contribution in [0.4, 0.5) is 0 Å². The summed E-state index contributed by atoms with van der Waals surface area (Å²) in [4.78, 5) is 71.9. The fourth-order valence-electron chi connectivity index (χ4n) is 8.72. The molecule has 0 aliphatic rings. The number of unbranched alkanes of at least 4 members (excludes halogenated alkanes) is 23. The molecule has 79 heavy (non-hydrogen) atoms. The summed E-state index contributed by atoms with van der Waals surface area (Å²) in [6, 6.07) is 0. The van der Waals surface area contributed by atoms with Crippen LogP contribution in [0, 0.1) is 23.7 Å². The number of aliphatic hydroxyl groups is 1. The van der Waals surface area contributed by atoms with E-state index in [0.29, 0.717) is 43.4 Å². The Hall–Kier alpha value is -1.94. The lowest BCUT2D eigenvalue weighted by molar-refractivity contribution is -0.161. The third kappa shape index (κ3) is 55.0. The number of rotatable bonds is 57. The van der Waals surface area contributed by atoms with Crippen molar-refractivity contribution in [2.45, 2.75) is 298 Å². The number of ether oxygens (including phenoxy) is 4. The van der Waals surface area contributed by atoms with E-state index in [9.17, 15) is 43.2 Å². The summed E-state index contributed by atoms with van der Waals surface area (Å²) in [6.45, 7) is 13.8. The number of carbonyl (C=O) groups is 4. The van der Waals surface area contributed by atoms with Crippen LogP contribution in [0.1, 0.15) is 280 Å². The maximum Gasteiger partial charge on any atom is 0.472 e. The van der Waals surface area contributed by atoms with Crippen LogP contribution in [0.2, 0.25) is 0 Å². The highest BCUT2D eigenvalue weighted by Gasteiger charge is 2.30. The molecule has 468 valence electrons. The van der Waals surface area contributed by atoms with Crippen LogP contribution in [-0.2, 0) is 65.4 Å². The molecule has 17 nitrogen and oxygen atoms in total. The monoisotopic (exact) mass is 1170 g/mol. The maximum atomic E-state index is 12.9. The van der Waals surface area contributed by atoms with Gasteiger partial charge in [0.15, 0.2) is 12.2 Å². The van der Waals surface area contributed by atoms with Gasteiger partial charge in [0.25, 0.3) is 0 Å². The predicted molar refractivity (Wildman–Crippen MR) is 312 cm³/mol. The zero-order valence-corrected chi connectivity index (χ0v) is 52.8. The molecule has 0 aromatic rings. The molecule has 0 radical (unpaired) electrons. The molecule has 19 heteroatoms. The minimum atomic E-state index is -4.94. The molecule has 0 rings (SSSR count). The summed E-state index contributed by atoms with van der Waals surface area (Å²) >= 11 is 0. The van der Waals surface area contributed by atoms with E-state index in [1.54, 1.807) is 0 Å². The molecule has 5 atom stereocenters. The Morgan fingerprint density at radius 2 is 0.532 bits per heavy atom. The third-order valence-electron chi connectivity index (χ3n) is 13.6. The molecule has 0 heterocycles. The summed E-state index contributed by atoms with van der Waals surface area (Å²) in [5.41, 5.74) is 0. The second kappa shape index (κ2) is 50.6. The Balaban J connectivity index is 5.25. The zero-order chi connectivity index (χ0) is 59.0. The van der Waals surface area contributed by atoms with Gasteiger partial charge >= 0.3 is 39.5 Å². The summed E-state index contributed by atoms with van der Waals surface area (Å²) in [6.07, 6.45) is 28.4. The Labute approximate surface area is 479 Å². The van der Waals surface area contributed by atoms with Gasteiger partial charge in [0, 0.05) is 25.7 Å². The van der Waals surface area contributed by atoms with Crippen LogP contribution >= 0.6 is 15.6 Å². The van der Waals surface area contributed by atoms with Gasteiger partial charge in [-0.25, -0.2) is 9.13 Å². The summed E-state index contributed by atoms with van der Waals surface area (Å²) in [5.74, 6) is 0.622. The first-order valence-electron chi connectivity index (χ1n) is 31.2. The fourth-order valence-corrected chi connectivity index (χ4v) is 10.3. The molecule has 0 saturated heterocycles. The molecular formula is C60H116O17P2. The molecule has 0 fully saturated rings. The van der Waals surface area contributed by atoms with Crippen LogP contribution in [0.3, 0.4) is 0 Å². The standard InChI is InChI=1S/C60H116O17P2/c1-50(2)36-28-20-12-9-10-14-26-34-42-59(64)76-55(46-70-57(62)40-32-24-18-16-22-30-38-52(5)6)48-74-78(66,67)72-44-54(61)45-73-79(68,69)75-49-56(47-71-58(63)41-33-25-19-17-23-31-39-53(7)8)77-60(65)43-35-27-15-11-13-21-29-37-51(3)4/h50-56,61H,9-49H2,1-8H3,(H,66,67)(H,68,69)/t54-,55+,56+/m0/s1. The number of aliphatic hydroxyl groups excluding tert-OH is 1. The Morgan fingerprint density at radius 1 is 0.316 bits per heavy atom. The van der Waals surface area contributed by atoms with Crippen LogP contribution in [-0.4, -0.2) is 96.7 Å². The Bertz CT molecular complexity index is 1590. The highest BCUT2D eigenvalue weighted by atomic mass is 31.2. The van der Waals surface area contributed by atoms with E-state index in [1.807, 2.05) is 0 Å². The summed E-state index contributed by atoms with van der Waals surface area (Å²) in [7, 11) is -9.88. The molecule has 0 amide bonds. The molecule has 0 saturated carbocycles. The van der Waals surface area contributed by atoms with E-state index in [2.05, 4.69) is 55.4 Å². The molecule has 0 aromatic carbocycles. The lowest BCUT2D eigenvalue weighted by Crippen LogP contribution is -2.30. The van der Waals surface area contributed by atoms with Crippen molar-refractivity contribution in [2.24, 2.45) is 23.7 Å². The van der Waals surface area contributed by atoms with E-state index in [1.165, 1.54) is 70.6 Å². The first kappa shape index (κ1) is 77.1. The molecule has 0 spiro atoms. The van der Waals surface area contributed by atoms with Crippen molar-refractivity contribution < 1.29 is 80.2 Å². The first-order chi connectivity index (χ1) is 37.6. The molecular weight excluding hydrogens is 1050 g/mol. The zero-order valence-electron chi connectivity index (χ0n) is 51.0. The van der Waals surface area contributed by atoms with Gasteiger partial charge in [-0.05, 0) is 49.4 Å². The summed E-state index contributed by atoms with van der Waals surface area (Å²) < 4.78 is 67.7. The van der Waals surface area contributed by atoms with Crippen LogP contribution in [0.25, 0.3) is 0 Å². The second-order valence-electron chi connectivity index (χ2n) is 23.6. The van der Waals surface area contributed by atoms with Crippen molar-refractivity contribution in [1.82, 2.24) is 0 Å². The highest BCUT2D eigenvalue weighted by Crippen LogP contribution is 2.45. The quantitative estimate of drug-likeness (QED) is 0.0222. The number of phosphoric ester groups is 2. The second-order valence-corrected chi connectivity index (χ2v) is 26.5. The van der Waals surface area contributed by atoms with Gasteiger partial charge in [-0.2, -0.15) is 0 Å². The Kier molecular flexibility index (Phi) is 49.3. The van der Waals surface area contributed by atoms with Gasteiger partial charge in [0.05, 0.1) is 26.4 Å².